The average Bonchev–Trinajstić information content (AvgIpc) is 3.19. The molecule has 11 nitrogen and oxygen atoms in total. The van der Waals surface area contributed by atoms with Crippen LogP contribution in [-0.2, 0) is 11.3 Å². The van der Waals surface area contributed by atoms with Crippen molar-refractivity contribution in [3.05, 3.63) is 45.6 Å². The van der Waals surface area contributed by atoms with E-state index in [0.29, 0.717) is 53.7 Å². The number of carbonyl (C=O) groups excluding carboxylic acids is 1. The quantitative estimate of drug-likeness (QED) is 0.129. The predicted molar refractivity (Wildman–Crippen MR) is 131 cm³/mol. The van der Waals surface area contributed by atoms with Crippen LogP contribution < -0.4 is 10.6 Å². The minimum absolute atomic E-state index is 0.0815. The van der Waals surface area contributed by atoms with Crippen LogP contribution in [0.2, 0.25) is 0 Å². The van der Waals surface area contributed by atoms with E-state index in [-0.39, 0.29) is 23.7 Å². The Morgan fingerprint density at radius 2 is 2.09 bits per heavy atom. The van der Waals surface area contributed by atoms with Crippen molar-refractivity contribution in [3.63, 3.8) is 0 Å². The molecule has 34 heavy (non-hydrogen) atoms. The van der Waals surface area contributed by atoms with E-state index in [1.165, 1.54) is 6.07 Å². The highest BCUT2D eigenvalue weighted by Gasteiger charge is 2.16. The van der Waals surface area contributed by atoms with E-state index in [9.17, 15) is 14.9 Å². The van der Waals surface area contributed by atoms with Gasteiger partial charge in [-0.2, -0.15) is 5.10 Å². The van der Waals surface area contributed by atoms with Crippen molar-refractivity contribution < 1.29 is 14.5 Å². The molecule has 182 valence electrons. The number of anilines is 1. The zero-order valence-corrected chi connectivity index (χ0v) is 20.5. The monoisotopic (exact) mass is 487 g/mol. The van der Waals surface area contributed by atoms with Gasteiger partial charge >= 0.3 is 0 Å². The van der Waals surface area contributed by atoms with Crippen molar-refractivity contribution in [1.82, 2.24) is 25.1 Å². The van der Waals surface area contributed by atoms with Crippen LogP contribution in [0.25, 0.3) is 11.0 Å². The van der Waals surface area contributed by atoms with Gasteiger partial charge in [0.2, 0.25) is 0 Å². The van der Waals surface area contributed by atoms with E-state index in [2.05, 4.69) is 39.5 Å². The smallest absolute Gasteiger partial charge is 0.273 e. The number of amides is 1. The van der Waals surface area contributed by atoms with E-state index in [0.717, 1.165) is 5.39 Å². The van der Waals surface area contributed by atoms with Crippen LogP contribution in [0.15, 0.2) is 29.6 Å². The summed E-state index contributed by atoms with van der Waals surface area (Å²) < 4.78 is 7.11. The molecule has 0 saturated heterocycles. The van der Waals surface area contributed by atoms with Crippen molar-refractivity contribution in [2.24, 2.45) is 0 Å². The fourth-order valence-corrected chi connectivity index (χ4v) is 3.91. The summed E-state index contributed by atoms with van der Waals surface area (Å²) in [5, 5.41) is 23.4. The van der Waals surface area contributed by atoms with Crippen LogP contribution in [0.5, 0.6) is 0 Å². The molecule has 0 aliphatic rings. The van der Waals surface area contributed by atoms with Gasteiger partial charge in [0, 0.05) is 42.1 Å². The van der Waals surface area contributed by atoms with E-state index in [1.807, 2.05) is 6.92 Å². The maximum absolute atomic E-state index is 12.5. The third-order valence-electron chi connectivity index (χ3n) is 4.84. The van der Waals surface area contributed by atoms with Gasteiger partial charge in [0.05, 0.1) is 29.7 Å². The Morgan fingerprint density at radius 1 is 1.29 bits per heavy atom. The Labute approximate surface area is 201 Å². The number of nitrogens with one attached hydrogen (secondary N) is 2. The molecule has 0 radical (unpaired) electrons. The first-order valence-electron chi connectivity index (χ1n) is 11.0. The van der Waals surface area contributed by atoms with Crippen LogP contribution >= 0.6 is 11.8 Å². The summed E-state index contributed by atoms with van der Waals surface area (Å²) in [6.07, 6.45) is 1.70. The van der Waals surface area contributed by atoms with Crippen molar-refractivity contribution in [2.75, 3.05) is 31.6 Å². The number of aryl methyl sites for hydroxylation is 1. The molecule has 2 N–H and O–H groups in total. The van der Waals surface area contributed by atoms with Crippen LogP contribution in [0.3, 0.4) is 0 Å². The van der Waals surface area contributed by atoms with Gasteiger partial charge in [-0.1, -0.05) is 31.7 Å². The number of ether oxygens (including phenoxy) is 1. The second kappa shape index (κ2) is 11.7. The van der Waals surface area contributed by atoms with Crippen molar-refractivity contribution in [3.8, 4) is 0 Å². The first-order chi connectivity index (χ1) is 16.3. The van der Waals surface area contributed by atoms with Gasteiger partial charge in [-0.25, -0.2) is 14.6 Å². The summed E-state index contributed by atoms with van der Waals surface area (Å²) in [4.78, 5) is 32.5. The Bertz CT molecular complexity index is 1170. The minimum Gasteiger partial charge on any atom is -0.380 e. The number of benzene rings is 1. The van der Waals surface area contributed by atoms with E-state index >= 15 is 0 Å². The highest BCUT2D eigenvalue weighted by molar-refractivity contribution is 7.99. The fraction of sp³-hybridized carbons (Fsp3) is 0.455. The lowest BCUT2D eigenvalue weighted by atomic mass is 10.1. The molecule has 2 aromatic heterocycles. The van der Waals surface area contributed by atoms with Crippen LogP contribution in [0, 0.1) is 17.0 Å². The molecule has 0 fully saturated rings. The first-order valence-corrected chi connectivity index (χ1v) is 11.9. The third-order valence-corrected chi connectivity index (χ3v) is 5.70. The Balaban J connectivity index is 1.73. The standard InChI is InChI=1S/C22H29N7O4S/c1-5-33-11-9-23-19-17-13-25-28(20(17)27-22(26-19)34-14(2)3)10-8-24-21(30)16-7-6-15(4)18(12-16)29(31)32/h6-7,12-14H,5,8-11H2,1-4H3,(H,24,30)(H,23,26,27). The molecular formula is C22H29N7O4S. The third kappa shape index (κ3) is 6.41. The van der Waals surface area contributed by atoms with Gasteiger partial charge in [-0.3, -0.25) is 14.9 Å². The number of rotatable bonds is 12. The lowest BCUT2D eigenvalue weighted by Crippen LogP contribution is -2.27. The normalized spacial score (nSPS) is 11.2. The molecule has 0 saturated carbocycles. The van der Waals surface area contributed by atoms with Crippen molar-refractivity contribution in [2.45, 2.75) is 44.6 Å². The summed E-state index contributed by atoms with van der Waals surface area (Å²) in [5.74, 6) is 0.304. The highest BCUT2D eigenvalue weighted by Crippen LogP contribution is 2.26. The van der Waals surface area contributed by atoms with Crippen LogP contribution in [0.4, 0.5) is 11.5 Å². The highest BCUT2D eigenvalue weighted by atomic mass is 32.2. The first kappa shape index (κ1) is 25.4. The molecular weight excluding hydrogens is 458 g/mol. The summed E-state index contributed by atoms with van der Waals surface area (Å²) in [7, 11) is 0. The maximum Gasteiger partial charge on any atom is 0.273 e. The topological polar surface area (TPSA) is 137 Å². The van der Waals surface area contributed by atoms with Gasteiger partial charge in [0.15, 0.2) is 10.8 Å². The van der Waals surface area contributed by atoms with Gasteiger partial charge in [0.1, 0.15) is 5.82 Å². The lowest BCUT2D eigenvalue weighted by molar-refractivity contribution is -0.385. The molecule has 0 bridgehead atoms. The number of fused-ring (bicyclic) bond motifs is 1. The van der Waals surface area contributed by atoms with Crippen LogP contribution in [0.1, 0.15) is 36.7 Å². The van der Waals surface area contributed by atoms with Crippen molar-refractivity contribution in [1.29, 1.82) is 0 Å². The Kier molecular flexibility index (Phi) is 8.77. The largest absolute Gasteiger partial charge is 0.380 e. The summed E-state index contributed by atoms with van der Waals surface area (Å²) in [6, 6.07) is 4.43. The lowest BCUT2D eigenvalue weighted by Gasteiger charge is -2.11. The summed E-state index contributed by atoms with van der Waals surface area (Å²) in [5.41, 5.74) is 1.32. The molecule has 0 aliphatic carbocycles. The second-order valence-corrected chi connectivity index (χ2v) is 9.31. The Morgan fingerprint density at radius 3 is 2.79 bits per heavy atom. The van der Waals surface area contributed by atoms with Gasteiger partial charge in [-0.15, -0.1) is 0 Å². The second-order valence-electron chi connectivity index (χ2n) is 7.76. The maximum atomic E-state index is 12.5. The SMILES string of the molecule is CCOCCNc1nc(SC(C)C)nc2c1cnn2CCNC(=O)c1ccc(C)c([N+](=O)[O-])c1. The average molecular weight is 488 g/mol. The predicted octanol–water partition coefficient (Wildman–Crippen LogP) is 3.42. The molecule has 0 spiro atoms. The Hall–Kier alpha value is -3.25. The molecule has 2 heterocycles. The zero-order valence-electron chi connectivity index (χ0n) is 19.7. The number of thioether (sulfide) groups is 1. The summed E-state index contributed by atoms with van der Waals surface area (Å²) in [6.45, 7) is 10.2. The van der Waals surface area contributed by atoms with E-state index < -0.39 is 4.92 Å². The van der Waals surface area contributed by atoms with Gasteiger partial charge < -0.3 is 15.4 Å². The van der Waals surface area contributed by atoms with Gasteiger partial charge in [0.25, 0.3) is 11.6 Å². The minimum atomic E-state index is -0.492. The van der Waals surface area contributed by atoms with Crippen LogP contribution in [-0.4, -0.2) is 62.1 Å². The van der Waals surface area contributed by atoms with Crippen molar-refractivity contribution >= 4 is 40.2 Å². The molecule has 1 amide bonds. The fourth-order valence-electron chi connectivity index (χ4n) is 3.21. The molecule has 12 heteroatoms. The number of nitro groups is 1. The number of aromatic nitrogens is 4. The number of hydrogen-bond donors (Lipinski definition) is 2. The molecule has 3 rings (SSSR count). The summed E-state index contributed by atoms with van der Waals surface area (Å²) >= 11 is 1.55. The van der Waals surface area contributed by atoms with E-state index in [4.69, 9.17) is 4.74 Å². The molecule has 0 aliphatic heterocycles. The molecule has 0 unspecified atom stereocenters. The number of nitrogens with zero attached hydrogens (tertiary/aromatic N) is 5. The molecule has 0 atom stereocenters. The number of carbonyl (C=O) groups is 1. The zero-order chi connectivity index (χ0) is 24.7. The van der Waals surface area contributed by atoms with Gasteiger partial charge in [-0.05, 0) is 19.9 Å². The molecule has 3 aromatic rings. The number of hydrogen-bond acceptors (Lipinski definition) is 9. The molecule has 1 aromatic carbocycles. The van der Waals surface area contributed by atoms with E-state index in [1.54, 1.807) is 41.7 Å². The number of nitro benzene ring substituents is 1.